The second kappa shape index (κ2) is 6.89. The van der Waals surface area contributed by atoms with E-state index >= 15 is 0 Å². The van der Waals surface area contributed by atoms with Crippen molar-refractivity contribution in [2.24, 2.45) is 0 Å². The highest BCUT2D eigenvalue weighted by atomic mass is 32.2. The Morgan fingerprint density at radius 3 is 2.79 bits per heavy atom. The minimum atomic E-state index is 0.195. The molecular weight excluding hydrogens is 256 g/mol. The Morgan fingerprint density at radius 1 is 1.26 bits per heavy atom. The van der Waals surface area contributed by atoms with Crippen LogP contribution >= 0.6 is 11.8 Å². The fourth-order valence-electron chi connectivity index (χ4n) is 2.04. The predicted octanol–water partition coefficient (Wildman–Crippen LogP) is 2.44. The number of aliphatic hydroxyl groups excluding tert-OH is 1. The molecule has 19 heavy (non-hydrogen) atoms. The number of hydrogen-bond acceptors (Lipinski definition) is 4. The summed E-state index contributed by atoms with van der Waals surface area (Å²) in [6.07, 6.45) is 2.02. The zero-order valence-electron chi connectivity index (χ0n) is 11.3. The van der Waals surface area contributed by atoms with Gasteiger partial charge in [0.2, 0.25) is 0 Å². The molecular formula is C15H20N2OS. The highest BCUT2D eigenvalue weighted by Crippen LogP contribution is 2.13. The molecule has 0 aliphatic rings. The summed E-state index contributed by atoms with van der Waals surface area (Å²) in [6, 6.07) is 12.5. The van der Waals surface area contributed by atoms with Crippen LogP contribution in [0.2, 0.25) is 0 Å². The highest BCUT2D eigenvalue weighted by Gasteiger charge is 2.14. The smallest absolute Gasteiger partial charge is 0.0705 e. The van der Waals surface area contributed by atoms with Gasteiger partial charge in [0.1, 0.15) is 0 Å². The standard InChI is InChI=1S/C15H20N2OS/c1-11(15(10-18)19-2)16-9-13-8-7-12-5-3-4-6-14(12)17-13/h3-8,11,15-16,18H,9-10H2,1-2H3. The second-order valence-electron chi connectivity index (χ2n) is 4.62. The number of hydrogen-bond donors (Lipinski definition) is 2. The lowest BCUT2D eigenvalue weighted by Crippen LogP contribution is -2.37. The van der Waals surface area contributed by atoms with Crippen LogP contribution < -0.4 is 5.32 Å². The summed E-state index contributed by atoms with van der Waals surface area (Å²) in [5, 5.41) is 14.1. The fraction of sp³-hybridized carbons (Fsp3) is 0.400. The molecule has 102 valence electrons. The van der Waals surface area contributed by atoms with E-state index in [9.17, 15) is 5.11 Å². The lowest BCUT2D eigenvalue weighted by Gasteiger charge is -2.21. The molecule has 2 rings (SSSR count). The van der Waals surface area contributed by atoms with Gasteiger partial charge < -0.3 is 10.4 Å². The number of nitrogens with zero attached hydrogens (tertiary/aromatic N) is 1. The second-order valence-corrected chi connectivity index (χ2v) is 5.70. The van der Waals surface area contributed by atoms with E-state index in [0.29, 0.717) is 0 Å². The first-order valence-corrected chi connectivity index (χ1v) is 7.75. The van der Waals surface area contributed by atoms with Crippen LogP contribution in [0.5, 0.6) is 0 Å². The van der Waals surface area contributed by atoms with Crippen molar-refractivity contribution in [1.82, 2.24) is 10.3 Å². The average molecular weight is 276 g/mol. The van der Waals surface area contributed by atoms with E-state index in [1.54, 1.807) is 11.8 Å². The molecule has 1 heterocycles. The van der Waals surface area contributed by atoms with Gasteiger partial charge in [-0.25, -0.2) is 0 Å². The first kappa shape index (κ1) is 14.3. The number of para-hydroxylation sites is 1. The van der Waals surface area contributed by atoms with E-state index < -0.39 is 0 Å². The summed E-state index contributed by atoms with van der Waals surface area (Å²) in [6.45, 7) is 3.02. The maximum absolute atomic E-state index is 9.26. The van der Waals surface area contributed by atoms with E-state index in [0.717, 1.165) is 23.1 Å². The van der Waals surface area contributed by atoms with Crippen LogP contribution in [0.15, 0.2) is 36.4 Å². The van der Waals surface area contributed by atoms with Gasteiger partial charge in [-0.3, -0.25) is 4.98 Å². The van der Waals surface area contributed by atoms with Crippen molar-refractivity contribution in [3.8, 4) is 0 Å². The Balaban J connectivity index is 2.01. The summed E-state index contributed by atoms with van der Waals surface area (Å²) < 4.78 is 0. The van der Waals surface area contributed by atoms with Crippen LogP contribution in [0.25, 0.3) is 10.9 Å². The first-order chi connectivity index (χ1) is 9.24. The van der Waals surface area contributed by atoms with Crippen molar-refractivity contribution in [2.45, 2.75) is 24.8 Å². The minimum Gasteiger partial charge on any atom is -0.395 e. The van der Waals surface area contributed by atoms with Crippen LogP contribution in [0.3, 0.4) is 0 Å². The van der Waals surface area contributed by atoms with Crippen LogP contribution in [0, 0.1) is 0 Å². The number of fused-ring (bicyclic) bond motifs is 1. The molecule has 0 amide bonds. The minimum absolute atomic E-state index is 0.195. The molecule has 4 heteroatoms. The van der Waals surface area contributed by atoms with Crippen molar-refractivity contribution in [2.75, 3.05) is 12.9 Å². The van der Waals surface area contributed by atoms with Crippen LogP contribution in [-0.2, 0) is 6.54 Å². The zero-order valence-corrected chi connectivity index (χ0v) is 12.2. The number of rotatable bonds is 6. The molecule has 2 N–H and O–H groups in total. The molecule has 0 radical (unpaired) electrons. The molecule has 1 aromatic carbocycles. The van der Waals surface area contributed by atoms with Crippen molar-refractivity contribution in [1.29, 1.82) is 0 Å². The third-order valence-corrected chi connectivity index (χ3v) is 4.46. The summed E-state index contributed by atoms with van der Waals surface area (Å²) >= 11 is 1.68. The van der Waals surface area contributed by atoms with Crippen LogP contribution in [0.1, 0.15) is 12.6 Å². The number of aromatic nitrogens is 1. The van der Waals surface area contributed by atoms with E-state index in [-0.39, 0.29) is 17.9 Å². The Morgan fingerprint density at radius 2 is 2.05 bits per heavy atom. The number of thioether (sulfide) groups is 1. The van der Waals surface area contributed by atoms with Crippen molar-refractivity contribution >= 4 is 22.7 Å². The normalized spacial score (nSPS) is 14.5. The molecule has 2 aromatic rings. The van der Waals surface area contributed by atoms with Crippen molar-refractivity contribution in [3.05, 3.63) is 42.1 Å². The van der Waals surface area contributed by atoms with Crippen molar-refractivity contribution in [3.63, 3.8) is 0 Å². The number of aliphatic hydroxyl groups is 1. The molecule has 0 aliphatic carbocycles. The Hall–Kier alpha value is -1.10. The van der Waals surface area contributed by atoms with Gasteiger partial charge in [0.25, 0.3) is 0 Å². The van der Waals surface area contributed by atoms with Gasteiger partial charge >= 0.3 is 0 Å². The third kappa shape index (κ3) is 3.69. The first-order valence-electron chi connectivity index (χ1n) is 6.46. The van der Waals surface area contributed by atoms with Gasteiger partial charge in [0, 0.05) is 23.2 Å². The van der Waals surface area contributed by atoms with Crippen molar-refractivity contribution < 1.29 is 5.11 Å². The Kier molecular flexibility index (Phi) is 5.19. The predicted molar refractivity (Wildman–Crippen MR) is 82.4 cm³/mol. The van der Waals surface area contributed by atoms with Gasteiger partial charge in [-0.05, 0) is 25.3 Å². The van der Waals surface area contributed by atoms with E-state index in [2.05, 4.69) is 35.4 Å². The zero-order chi connectivity index (χ0) is 13.7. The number of pyridine rings is 1. The monoisotopic (exact) mass is 276 g/mol. The fourth-order valence-corrected chi connectivity index (χ4v) is 2.69. The molecule has 0 saturated heterocycles. The Labute approximate surface area is 118 Å². The summed E-state index contributed by atoms with van der Waals surface area (Å²) in [4.78, 5) is 4.63. The maximum atomic E-state index is 9.26. The highest BCUT2D eigenvalue weighted by molar-refractivity contribution is 7.99. The largest absolute Gasteiger partial charge is 0.395 e. The van der Waals surface area contributed by atoms with Gasteiger partial charge in [0.15, 0.2) is 0 Å². The molecule has 0 spiro atoms. The SMILES string of the molecule is CSC(CO)C(C)NCc1ccc2ccccc2n1. The van der Waals surface area contributed by atoms with Crippen LogP contribution in [0.4, 0.5) is 0 Å². The van der Waals surface area contributed by atoms with Crippen LogP contribution in [-0.4, -0.2) is 34.2 Å². The molecule has 3 nitrogen and oxygen atoms in total. The molecule has 0 fully saturated rings. The van der Waals surface area contributed by atoms with Gasteiger partial charge in [0.05, 0.1) is 17.8 Å². The topological polar surface area (TPSA) is 45.1 Å². The molecule has 2 unspecified atom stereocenters. The summed E-state index contributed by atoms with van der Waals surface area (Å²) in [5.41, 5.74) is 2.06. The summed E-state index contributed by atoms with van der Waals surface area (Å²) in [7, 11) is 0. The molecule has 0 saturated carbocycles. The lowest BCUT2D eigenvalue weighted by atomic mass is 10.2. The van der Waals surface area contributed by atoms with Gasteiger partial charge in [-0.2, -0.15) is 11.8 Å². The van der Waals surface area contributed by atoms with E-state index in [1.165, 1.54) is 0 Å². The van der Waals surface area contributed by atoms with E-state index in [1.807, 2.05) is 24.5 Å². The number of benzene rings is 1. The lowest BCUT2D eigenvalue weighted by molar-refractivity contribution is 0.275. The molecule has 0 bridgehead atoms. The summed E-state index contributed by atoms with van der Waals surface area (Å²) in [5.74, 6) is 0. The molecule has 0 aliphatic heterocycles. The van der Waals surface area contributed by atoms with Gasteiger partial charge in [-0.1, -0.05) is 24.3 Å². The molecule has 2 atom stereocenters. The number of nitrogens with one attached hydrogen (secondary N) is 1. The third-order valence-electron chi connectivity index (χ3n) is 3.30. The maximum Gasteiger partial charge on any atom is 0.0705 e. The quantitative estimate of drug-likeness (QED) is 0.850. The Bertz CT molecular complexity index is 528. The molecule has 1 aromatic heterocycles. The van der Waals surface area contributed by atoms with E-state index in [4.69, 9.17) is 0 Å². The van der Waals surface area contributed by atoms with Gasteiger partial charge in [-0.15, -0.1) is 0 Å². The average Bonchev–Trinajstić information content (AvgIpc) is 2.46.